The third kappa shape index (κ3) is 4.25. The van der Waals surface area contributed by atoms with Crippen LogP contribution in [0.15, 0.2) is 65.9 Å². The second-order valence-electron chi connectivity index (χ2n) is 7.12. The molecule has 0 bridgehead atoms. The first kappa shape index (κ1) is 21.2. The van der Waals surface area contributed by atoms with Crippen LogP contribution in [0.1, 0.15) is 36.4 Å². The minimum absolute atomic E-state index is 0.00364. The van der Waals surface area contributed by atoms with Gasteiger partial charge in [0.1, 0.15) is 5.82 Å². The molecule has 0 radical (unpaired) electrons. The standard InChI is InChI=1S/C23H22FNO5/c1-14(26)20-21(16-9-6-10-18(24)11-16)25(23(29)22(20)28)13-17(12-19(27)30-2)15-7-4-3-5-8-15/h3-11,17,21,28H,12-13H2,1-2H3/t17-,21-/m0/s1. The van der Waals surface area contributed by atoms with Crippen molar-refractivity contribution in [2.24, 2.45) is 0 Å². The minimum Gasteiger partial charge on any atom is -0.503 e. The van der Waals surface area contributed by atoms with Crippen LogP contribution in [0.4, 0.5) is 4.39 Å². The van der Waals surface area contributed by atoms with Gasteiger partial charge in [0.15, 0.2) is 11.5 Å². The quantitative estimate of drug-likeness (QED) is 0.706. The van der Waals surface area contributed by atoms with Crippen LogP contribution in [0, 0.1) is 5.82 Å². The average molecular weight is 411 g/mol. The number of nitrogens with zero attached hydrogens (tertiary/aromatic N) is 1. The first-order valence-electron chi connectivity index (χ1n) is 9.45. The van der Waals surface area contributed by atoms with E-state index in [1.54, 1.807) is 6.07 Å². The molecule has 0 aromatic heterocycles. The molecule has 1 aliphatic heterocycles. The van der Waals surface area contributed by atoms with Crippen LogP contribution < -0.4 is 0 Å². The van der Waals surface area contributed by atoms with Crippen molar-refractivity contribution in [3.05, 3.63) is 82.9 Å². The van der Waals surface area contributed by atoms with E-state index in [0.717, 1.165) is 5.56 Å². The van der Waals surface area contributed by atoms with Gasteiger partial charge in [-0.1, -0.05) is 42.5 Å². The van der Waals surface area contributed by atoms with Gasteiger partial charge in [-0.15, -0.1) is 0 Å². The molecule has 0 saturated heterocycles. The van der Waals surface area contributed by atoms with E-state index in [1.807, 2.05) is 30.3 Å². The lowest BCUT2D eigenvalue weighted by Gasteiger charge is -2.30. The molecule has 6 nitrogen and oxygen atoms in total. The number of Topliss-reactive ketones (excluding diaryl/α,β-unsaturated/α-hetero) is 1. The number of rotatable bonds is 7. The summed E-state index contributed by atoms with van der Waals surface area (Å²) >= 11 is 0. The monoisotopic (exact) mass is 411 g/mol. The zero-order chi connectivity index (χ0) is 21.8. The summed E-state index contributed by atoms with van der Waals surface area (Å²) in [5, 5.41) is 10.4. The highest BCUT2D eigenvalue weighted by molar-refractivity contribution is 6.08. The highest BCUT2D eigenvalue weighted by Crippen LogP contribution is 2.39. The van der Waals surface area contributed by atoms with E-state index in [9.17, 15) is 23.9 Å². The third-order valence-electron chi connectivity index (χ3n) is 5.18. The Bertz CT molecular complexity index is 1000. The van der Waals surface area contributed by atoms with E-state index < -0.39 is 41.2 Å². The molecule has 1 amide bonds. The smallest absolute Gasteiger partial charge is 0.306 e. The summed E-state index contributed by atoms with van der Waals surface area (Å²) in [5.74, 6) is -3.30. The number of ketones is 1. The van der Waals surface area contributed by atoms with Crippen LogP contribution in [-0.4, -0.2) is 41.3 Å². The molecular weight excluding hydrogens is 389 g/mol. The van der Waals surface area contributed by atoms with Crippen molar-refractivity contribution in [2.45, 2.75) is 25.3 Å². The summed E-state index contributed by atoms with van der Waals surface area (Å²) in [6.45, 7) is 1.28. The van der Waals surface area contributed by atoms with Gasteiger partial charge in [-0.25, -0.2) is 4.39 Å². The predicted octanol–water partition coefficient (Wildman–Crippen LogP) is 3.46. The molecule has 1 N–H and O–H groups in total. The minimum atomic E-state index is -0.949. The highest BCUT2D eigenvalue weighted by atomic mass is 19.1. The number of hydrogen-bond donors (Lipinski definition) is 1. The van der Waals surface area contributed by atoms with Crippen LogP contribution in [0.2, 0.25) is 0 Å². The number of aliphatic hydroxyl groups is 1. The van der Waals surface area contributed by atoms with Gasteiger partial charge in [-0.3, -0.25) is 14.4 Å². The van der Waals surface area contributed by atoms with E-state index in [4.69, 9.17) is 4.74 Å². The Morgan fingerprint density at radius 1 is 1.17 bits per heavy atom. The van der Waals surface area contributed by atoms with Crippen LogP contribution >= 0.6 is 0 Å². The molecule has 156 valence electrons. The van der Waals surface area contributed by atoms with Crippen molar-refractivity contribution in [3.63, 3.8) is 0 Å². The van der Waals surface area contributed by atoms with Crippen molar-refractivity contribution in [1.29, 1.82) is 0 Å². The van der Waals surface area contributed by atoms with E-state index in [2.05, 4.69) is 0 Å². The van der Waals surface area contributed by atoms with Gasteiger partial charge >= 0.3 is 5.97 Å². The fraction of sp³-hybridized carbons (Fsp3) is 0.261. The molecule has 2 aromatic rings. The van der Waals surface area contributed by atoms with Crippen LogP contribution in [0.3, 0.4) is 0 Å². The van der Waals surface area contributed by atoms with Crippen molar-refractivity contribution in [3.8, 4) is 0 Å². The van der Waals surface area contributed by atoms with Crippen LogP contribution in [0.25, 0.3) is 0 Å². The summed E-state index contributed by atoms with van der Waals surface area (Å²) in [4.78, 5) is 38.4. The summed E-state index contributed by atoms with van der Waals surface area (Å²) in [6.07, 6.45) is -0.00364. The van der Waals surface area contributed by atoms with Gasteiger partial charge in [0.05, 0.1) is 25.1 Å². The summed E-state index contributed by atoms with van der Waals surface area (Å²) in [6, 6.07) is 13.7. The lowest BCUT2D eigenvalue weighted by atomic mass is 9.92. The van der Waals surface area contributed by atoms with Gasteiger partial charge in [0.2, 0.25) is 0 Å². The number of halogens is 1. The van der Waals surface area contributed by atoms with E-state index in [1.165, 1.54) is 37.1 Å². The Kier molecular flexibility index (Phi) is 6.30. The Morgan fingerprint density at radius 3 is 2.47 bits per heavy atom. The molecule has 1 aliphatic rings. The molecule has 1 heterocycles. The number of esters is 1. The van der Waals surface area contributed by atoms with Gasteiger partial charge in [-0.05, 0) is 30.2 Å². The Morgan fingerprint density at radius 2 is 1.87 bits per heavy atom. The maximum absolute atomic E-state index is 13.9. The van der Waals surface area contributed by atoms with Crippen LogP contribution in [0.5, 0.6) is 0 Å². The molecular formula is C23H22FNO5. The van der Waals surface area contributed by atoms with Crippen molar-refractivity contribution in [2.75, 3.05) is 13.7 Å². The Hall–Kier alpha value is -3.48. The largest absolute Gasteiger partial charge is 0.503 e. The SMILES string of the molecule is COC(=O)C[C@@H](CN1C(=O)C(O)=C(C(C)=O)[C@@H]1c1cccc(F)c1)c1ccccc1. The summed E-state index contributed by atoms with van der Waals surface area (Å²) < 4.78 is 18.7. The predicted molar refractivity (Wildman–Crippen MR) is 107 cm³/mol. The number of benzene rings is 2. The molecule has 2 aromatic carbocycles. The highest BCUT2D eigenvalue weighted by Gasteiger charge is 2.43. The summed E-state index contributed by atoms with van der Waals surface area (Å²) in [7, 11) is 1.28. The molecule has 0 fully saturated rings. The molecule has 3 rings (SSSR count). The molecule has 0 spiro atoms. The average Bonchev–Trinajstić information content (AvgIpc) is 2.98. The second-order valence-corrected chi connectivity index (χ2v) is 7.12. The Labute approximate surface area is 173 Å². The summed E-state index contributed by atoms with van der Waals surface area (Å²) in [5.41, 5.74) is 1.07. The molecule has 0 aliphatic carbocycles. The molecule has 2 atom stereocenters. The van der Waals surface area contributed by atoms with Crippen molar-refractivity contribution >= 4 is 17.7 Å². The van der Waals surface area contributed by atoms with Gasteiger partial charge in [-0.2, -0.15) is 0 Å². The van der Waals surface area contributed by atoms with Crippen molar-refractivity contribution in [1.82, 2.24) is 4.90 Å². The topological polar surface area (TPSA) is 83.9 Å². The number of carbonyl (C=O) groups is 3. The molecule has 0 unspecified atom stereocenters. The first-order chi connectivity index (χ1) is 14.3. The normalized spacial score (nSPS) is 17.2. The maximum atomic E-state index is 13.9. The van der Waals surface area contributed by atoms with E-state index in [0.29, 0.717) is 5.56 Å². The fourth-order valence-electron chi connectivity index (χ4n) is 3.76. The number of amides is 1. The maximum Gasteiger partial charge on any atom is 0.306 e. The van der Waals surface area contributed by atoms with E-state index >= 15 is 0 Å². The van der Waals surface area contributed by atoms with Gasteiger partial charge in [0.25, 0.3) is 5.91 Å². The Balaban J connectivity index is 2.03. The number of carbonyl (C=O) groups excluding carboxylic acids is 3. The van der Waals surface area contributed by atoms with Crippen molar-refractivity contribution < 1.29 is 28.6 Å². The van der Waals surface area contributed by atoms with Gasteiger partial charge < -0.3 is 14.7 Å². The van der Waals surface area contributed by atoms with E-state index in [-0.39, 0.29) is 18.5 Å². The lowest BCUT2D eigenvalue weighted by Crippen LogP contribution is -2.35. The zero-order valence-electron chi connectivity index (χ0n) is 16.7. The number of ether oxygens (including phenoxy) is 1. The second kappa shape index (κ2) is 8.90. The molecule has 30 heavy (non-hydrogen) atoms. The number of aliphatic hydroxyl groups excluding tert-OH is 1. The number of methoxy groups -OCH3 is 1. The molecule has 0 saturated carbocycles. The molecule has 7 heteroatoms. The first-order valence-corrected chi connectivity index (χ1v) is 9.45. The van der Waals surface area contributed by atoms with Crippen LogP contribution in [-0.2, 0) is 19.1 Å². The third-order valence-corrected chi connectivity index (χ3v) is 5.18. The van der Waals surface area contributed by atoms with Gasteiger partial charge in [0, 0.05) is 12.5 Å². The lowest BCUT2D eigenvalue weighted by molar-refractivity contribution is -0.141. The zero-order valence-corrected chi connectivity index (χ0v) is 16.7. The number of hydrogen-bond acceptors (Lipinski definition) is 5. The fourth-order valence-corrected chi connectivity index (χ4v) is 3.76.